The summed E-state index contributed by atoms with van der Waals surface area (Å²) in [4.78, 5) is 44.1. The second-order valence-electron chi connectivity index (χ2n) is 11.4. The molecule has 0 atom stereocenters. The van der Waals surface area contributed by atoms with Crippen LogP contribution in [-0.2, 0) is 4.79 Å². The summed E-state index contributed by atoms with van der Waals surface area (Å²) in [6, 6.07) is -0.228. The molecular weight excluding hydrogens is 557 g/mol. The lowest BCUT2D eigenvalue weighted by Crippen LogP contribution is -2.47. The van der Waals surface area contributed by atoms with E-state index in [1.54, 1.807) is 14.7 Å². The predicted octanol–water partition coefficient (Wildman–Crippen LogP) is 2.07. The Hall–Kier alpha value is -2.32. The number of urea groups is 2. The number of carbonyl (C=O) groups excluding carboxylic acids is 3. The van der Waals surface area contributed by atoms with E-state index < -0.39 is 0 Å². The van der Waals surface area contributed by atoms with Crippen LogP contribution in [0, 0.1) is 10.8 Å². The van der Waals surface area contributed by atoms with Crippen molar-refractivity contribution in [3.63, 3.8) is 0 Å². The molecule has 0 bridgehead atoms. The Morgan fingerprint density at radius 2 is 1.18 bits per heavy atom. The van der Waals surface area contributed by atoms with Crippen molar-refractivity contribution in [2.75, 3.05) is 59.0 Å². The molecule has 0 aromatic heterocycles. The van der Waals surface area contributed by atoms with Crippen LogP contribution in [0.4, 0.5) is 9.59 Å². The molecule has 2 fully saturated rings. The summed E-state index contributed by atoms with van der Waals surface area (Å²) >= 11 is 16.1. The summed E-state index contributed by atoms with van der Waals surface area (Å²) in [6.45, 7) is 16.5. The Balaban J connectivity index is 1.60. The molecule has 0 spiro atoms. The molecular formula is C25H44N8O3S3. The van der Waals surface area contributed by atoms with E-state index in [9.17, 15) is 14.4 Å². The van der Waals surface area contributed by atoms with Crippen LogP contribution < -0.4 is 21.3 Å². The van der Waals surface area contributed by atoms with Gasteiger partial charge in [-0.3, -0.25) is 14.6 Å². The maximum Gasteiger partial charge on any atom is 0.327 e. The third-order valence-electron chi connectivity index (χ3n) is 6.87. The SMILES string of the molecule is CCN1CC(=O)N(CC(C)(C)CCNC(=S)NCNC(=S)NCCC(C)(C)CN2C(=O)N(CC)CC2=S)C1=O. The molecule has 2 aliphatic rings. The molecule has 2 rings (SSSR count). The fourth-order valence-corrected chi connectivity index (χ4v) is 5.01. The van der Waals surface area contributed by atoms with Crippen molar-refractivity contribution < 1.29 is 14.4 Å². The molecule has 5 amide bonds. The minimum atomic E-state index is -0.252. The largest absolute Gasteiger partial charge is 0.363 e. The average molecular weight is 601 g/mol. The van der Waals surface area contributed by atoms with Crippen molar-refractivity contribution >= 4 is 69.8 Å². The molecule has 2 aliphatic heterocycles. The van der Waals surface area contributed by atoms with Crippen molar-refractivity contribution in [2.24, 2.45) is 10.8 Å². The molecule has 2 heterocycles. The highest BCUT2D eigenvalue weighted by atomic mass is 32.1. The zero-order chi connectivity index (χ0) is 29.4. The first-order chi connectivity index (χ1) is 18.2. The Morgan fingerprint density at radius 3 is 1.62 bits per heavy atom. The van der Waals surface area contributed by atoms with Gasteiger partial charge in [-0.1, -0.05) is 39.9 Å². The van der Waals surface area contributed by atoms with E-state index in [1.165, 1.54) is 4.90 Å². The summed E-state index contributed by atoms with van der Waals surface area (Å²) in [5.41, 5.74) is -0.383. The Labute approximate surface area is 248 Å². The number of nitrogens with one attached hydrogen (secondary N) is 4. The van der Waals surface area contributed by atoms with Gasteiger partial charge in [-0.05, 0) is 62.0 Å². The minimum Gasteiger partial charge on any atom is -0.363 e. The van der Waals surface area contributed by atoms with Crippen molar-refractivity contribution in [3.8, 4) is 0 Å². The van der Waals surface area contributed by atoms with E-state index in [0.717, 1.165) is 12.8 Å². The molecule has 0 aliphatic carbocycles. The molecule has 0 aromatic rings. The van der Waals surface area contributed by atoms with Crippen molar-refractivity contribution in [2.45, 2.75) is 54.4 Å². The third-order valence-corrected chi connectivity index (χ3v) is 7.79. The van der Waals surface area contributed by atoms with E-state index in [-0.39, 0.29) is 35.3 Å². The molecule has 0 saturated carbocycles. The lowest BCUT2D eigenvalue weighted by Gasteiger charge is -2.30. The number of rotatable bonds is 14. The molecule has 4 N–H and O–H groups in total. The highest BCUT2D eigenvalue weighted by molar-refractivity contribution is 7.80. The maximum absolute atomic E-state index is 12.5. The summed E-state index contributed by atoms with van der Waals surface area (Å²) in [5, 5.41) is 13.5. The van der Waals surface area contributed by atoms with Gasteiger partial charge in [-0.25, -0.2) is 9.59 Å². The van der Waals surface area contributed by atoms with Crippen LogP contribution in [0.15, 0.2) is 0 Å². The normalized spacial score (nSPS) is 16.4. The smallest absolute Gasteiger partial charge is 0.327 e. The minimum absolute atomic E-state index is 0.0138. The van der Waals surface area contributed by atoms with Crippen molar-refractivity contribution in [3.05, 3.63) is 0 Å². The Morgan fingerprint density at radius 1 is 0.744 bits per heavy atom. The zero-order valence-electron chi connectivity index (χ0n) is 24.0. The number of likely N-dealkylation sites (N-methyl/N-ethyl adjacent to an activating group) is 2. The van der Waals surface area contributed by atoms with E-state index in [0.29, 0.717) is 67.7 Å². The maximum atomic E-state index is 12.5. The second kappa shape index (κ2) is 14.4. The van der Waals surface area contributed by atoms with Gasteiger partial charge in [0.05, 0.1) is 13.2 Å². The lowest BCUT2D eigenvalue weighted by atomic mass is 9.88. The van der Waals surface area contributed by atoms with Crippen molar-refractivity contribution in [1.82, 2.24) is 40.9 Å². The third kappa shape index (κ3) is 9.98. The highest BCUT2D eigenvalue weighted by Crippen LogP contribution is 2.25. The Bertz CT molecular complexity index is 885. The molecule has 2 saturated heterocycles. The molecule has 220 valence electrons. The standard InChI is InChI=1S/C25H44N8O3S3/c1-7-30-13-18(34)32(22(30)35)15-24(3,4)9-11-26-20(38)28-17-29-21(39)27-12-10-25(5,6)16-33-19(37)14-31(8-2)23(33)36/h7-17H2,1-6H3,(H2,26,28,38)(H2,27,29,39). The molecule has 0 aromatic carbocycles. The monoisotopic (exact) mass is 600 g/mol. The van der Waals surface area contributed by atoms with Crippen LogP contribution in [-0.4, -0.2) is 112 Å². The summed E-state index contributed by atoms with van der Waals surface area (Å²) in [5.74, 6) is -0.145. The van der Waals surface area contributed by atoms with Crippen LogP contribution >= 0.6 is 36.7 Å². The first-order valence-electron chi connectivity index (χ1n) is 13.4. The number of imide groups is 1. The average Bonchev–Trinajstić information content (AvgIpc) is 3.27. The van der Waals surface area contributed by atoms with Gasteiger partial charge in [0.25, 0.3) is 0 Å². The van der Waals surface area contributed by atoms with Gasteiger partial charge in [-0.15, -0.1) is 0 Å². The van der Waals surface area contributed by atoms with E-state index >= 15 is 0 Å². The van der Waals surface area contributed by atoms with E-state index in [2.05, 4.69) is 35.1 Å². The Kier molecular flexibility index (Phi) is 12.1. The summed E-state index contributed by atoms with van der Waals surface area (Å²) in [7, 11) is 0. The summed E-state index contributed by atoms with van der Waals surface area (Å²) < 4.78 is 0. The number of carbonyl (C=O) groups is 3. The molecule has 14 heteroatoms. The first kappa shape index (κ1) is 32.9. The van der Waals surface area contributed by atoms with Crippen molar-refractivity contribution in [1.29, 1.82) is 0 Å². The second-order valence-corrected chi connectivity index (χ2v) is 12.7. The van der Waals surface area contributed by atoms with Gasteiger partial charge in [0, 0.05) is 39.3 Å². The van der Waals surface area contributed by atoms with E-state index in [4.69, 9.17) is 36.7 Å². The van der Waals surface area contributed by atoms with Crippen LogP contribution in [0.3, 0.4) is 0 Å². The van der Waals surface area contributed by atoms with Gasteiger partial charge in [0.2, 0.25) is 5.91 Å². The van der Waals surface area contributed by atoms with Gasteiger partial charge >= 0.3 is 12.1 Å². The predicted molar refractivity (Wildman–Crippen MR) is 165 cm³/mol. The topological polar surface area (TPSA) is 112 Å². The van der Waals surface area contributed by atoms with Gasteiger partial charge in [-0.2, -0.15) is 0 Å². The van der Waals surface area contributed by atoms with E-state index in [1.807, 2.05) is 27.7 Å². The van der Waals surface area contributed by atoms with Crippen LogP contribution in [0.2, 0.25) is 0 Å². The quantitative estimate of drug-likeness (QED) is 0.134. The zero-order valence-corrected chi connectivity index (χ0v) is 26.5. The lowest BCUT2D eigenvalue weighted by molar-refractivity contribution is -0.126. The summed E-state index contributed by atoms with van der Waals surface area (Å²) in [6.07, 6.45) is 1.53. The van der Waals surface area contributed by atoms with Crippen LogP contribution in [0.25, 0.3) is 0 Å². The number of hydrogen-bond acceptors (Lipinski definition) is 6. The highest BCUT2D eigenvalue weighted by Gasteiger charge is 2.38. The van der Waals surface area contributed by atoms with Crippen LogP contribution in [0.5, 0.6) is 0 Å². The molecule has 11 nitrogen and oxygen atoms in total. The molecule has 39 heavy (non-hydrogen) atoms. The van der Waals surface area contributed by atoms with Gasteiger partial charge in [0.15, 0.2) is 10.2 Å². The fraction of sp³-hybridized carbons (Fsp3) is 0.760. The van der Waals surface area contributed by atoms with Gasteiger partial charge < -0.3 is 31.1 Å². The number of nitrogens with zero attached hydrogens (tertiary/aromatic N) is 4. The van der Waals surface area contributed by atoms with Crippen LogP contribution in [0.1, 0.15) is 54.4 Å². The number of thiocarbonyl (C=S) groups is 3. The fourth-order valence-electron chi connectivity index (χ4n) is 4.37. The number of hydrogen-bond donors (Lipinski definition) is 4. The molecule has 0 unspecified atom stereocenters. The molecule has 0 radical (unpaired) electrons. The van der Waals surface area contributed by atoms with Gasteiger partial charge in [0.1, 0.15) is 11.5 Å². The number of amides is 5. The first-order valence-corrected chi connectivity index (χ1v) is 14.6.